The van der Waals surface area contributed by atoms with Gasteiger partial charge in [-0.2, -0.15) is 0 Å². The first kappa shape index (κ1) is 15.9. The van der Waals surface area contributed by atoms with Crippen molar-refractivity contribution < 1.29 is 12.8 Å². The molecule has 0 radical (unpaired) electrons. The first-order chi connectivity index (χ1) is 11.0. The van der Waals surface area contributed by atoms with Gasteiger partial charge in [0.05, 0.1) is 0 Å². The highest BCUT2D eigenvalue weighted by atomic mass is 32.2. The minimum absolute atomic E-state index is 0.263. The van der Waals surface area contributed by atoms with Crippen molar-refractivity contribution in [2.24, 2.45) is 0 Å². The van der Waals surface area contributed by atoms with E-state index in [4.69, 9.17) is 0 Å². The van der Waals surface area contributed by atoms with Gasteiger partial charge in [0.25, 0.3) is 0 Å². The van der Waals surface area contributed by atoms with Crippen molar-refractivity contribution in [1.29, 1.82) is 0 Å². The summed E-state index contributed by atoms with van der Waals surface area (Å²) >= 11 is 0. The average molecular weight is 335 g/mol. The lowest BCUT2D eigenvalue weighted by atomic mass is 10.2. The van der Waals surface area contributed by atoms with Crippen LogP contribution >= 0.6 is 0 Å². The predicted molar refractivity (Wildman–Crippen MR) is 86.3 cm³/mol. The van der Waals surface area contributed by atoms with Crippen molar-refractivity contribution in [1.82, 2.24) is 9.71 Å². The molecule has 122 valence electrons. The van der Waals surface area contributed by atoms with Crippen molar-refractivity contribution in [2.45, 2.75) is 24.3 Å². The lowest BCUT2D eigenvalue weighted by molar-refractivity contribution is 0.541. The van der Waals surface area contributed by atoms with Gasteiger partial charge in [0, 0.05) is 25.3 Å². The summed E-state index contributed by atoms with van der Waals surface area (Å²) in [6, 6.07) is 9.60. The topological polar surface area (TPSA) is 62.3 Å². The van der Waals surface area contributed by atoms with Gasteiger partial charge in [-0.05, 0) is 37.1 Å². The molecular formula is C16H18FN3O2S. The molecule has 0 amide bonds. The van der Waals surface area contributed by atoms with Crippen LogP contribution in [0.2, 0.25) is 0 Å². The molecule has 5 nitrogen and oxygen atoms in total. The van der Waals surface area contributed by atoms with E-state index < -0.39 is 15.8 Å². The highest BCUT2D eigenvalue weighted by Crippen LogP contribution is 2.22. The van der Waals surface area contributed by atoms with Gasteiger partial charge in [-0.1, -0.05) is 18.2 Å². The zero-order valence-corrected chi connectivity index (χ0v) is 13.6. The minimum Gasteiger partial charge on any atom is -0.355 e. The van der Waals surface area contributed by atoms with Crippen molar-refractivity contribution >= 4 is 15.8 Å². The number of hydrogen-bond donors (Lipinski definition) is 1. The maximum Gasteiger partial charge on any atom is 0.244 e. The first-order valence-corrected chi connectivity index (χ1v) is 8.89. The zero-order valence-electron chi connectivity index (χ0n) is 12.7. The number of rotatable bonds is 4. The average Bonchev–Trinajstić information content (AvgIpc) is 2.95. The van der Waals surface area contributed by atoms with Gasteiger partial charge in [0.15, 0.2) is 0 Å². The van der Waals surface area contributed by atoms with E-state index in [1.165, 1.54) is 6.07 Å². The molecule has 1 unspecified atom stereocenters. The summed E-state index contributed by atoms with van der Waals surface area (Å²) in [6.07, 6.45) is 2.36. The molecule has 2 heterocycles. The predicted octanol–water partition coefficient (Wildman–Crippen LogP) is 2.09. The number of benzene rings is 1. The Kier molecular flexibility index (Phi) is 4.32. The fourth-order valence-electron chi connectivity index (χ4n) is 2.84. The summed E-state index contributed by atoms with van der Waals surface area (Å²) in [6.45, 7) is 2.82. The monoisotopic (exact) mass is 335 g/mol. The van der Waals surface area contributed by atoms with Crippen LogP contribution in [0.1, 0.15) is 12.0 Å². The second kappa shape index (κ2) is 6.25. The zero-order chi connectivity index (χ0) is 16.4. The van der Waals surface area contributed by atoms with Gasteiger partial charge in [-0.3, -0.25) is 0 Å². The lowest BCUT2D eigenvalue weighted by Crippen LogP contribution is -2.37. The Balaban J connectivity index is 1.75. The van der Waals surface area contributed by atoms with E-state index in [-0.39, 0.29) is 10.9 Å². The molecule has 1 N–H and O–H groups in total. The molecule has 1 aromatic carbocycles. The maximum absolute atomic E-state index is 13.9. The number of hydrogen-bond acceptors (Lipinski definition) is 4. The summed E-state index contributed by atoms with van der Waals surface area (Å²) in [5.41, 5.74) is 0.400. The highest BCUT2D eigenvalue weighted by molar-refractivity contribution is 7.89. The molecular weight excluding hydrogens is 317 g/mol. The van der Waals surface area contributed by atoms with Crippen LogP contribution < -0.4 is 9.62 Å². The summed E-state index contributed by atoms with van der Waals surface area (Å²) in [7, 11) is -3.88. The summed E-state index contributed by atoms with van der Waals surface area (Å²) in [5.74, 6) is 0.0911. The molecule has 0 spiro atoms. The van der Waals surface area contributed by atoms with Crippen molar-refractivity contribution in [2.75, 3.05) is 18.0 Å². The van der Waals surface area contributed by atoms with Gasteiger partial charge in [0.2, 0.25) is 10.0 Å². The summed E-state index contributed by atoms with van der Waals surface area (Å²) < 4.78 is 41.5. The number of pyridine rings is 1. The summed E-state index contributed by atoms with van der Waals surface area (Å²) in [5, 5.41) is 0. The van der Waals surface area contributed by atoms with Gasteiger partial charge >= 0.3 is 0 Å². The molecule has 1 aliphatic heterocycles. The maximum atomic E-state index is 13.9. The normalized spacial score (nSPS) is 18.3. The second-order valence-corrected chi connectivity index (χ2v) is 7.28. The van der Waals surface area contributed by atoms with Crippen LogP contribution in [0, 0.1) is 12.7 Å². The van der Waals surface area contributed by atoms with Crippen LogP contribution in [0.3, 0.4) is 0 Å². The molecule has 1 aliphatic rings. The van der Waals surface area contributed by atoms with Gasteiger partial charge < -0.3 is 4.90 Å². The standard InChI is InChI=1S/C16H18FN3O2S/c1-12-5-4-6-14(17)16(12)23(21,22)19-13-8-10-20(11-13)15-7-2-3-9-18-15/h2-7,9,13,19H,8,10-11H2,1H3. The SMILES string of the molecule is Cc1cccc(F)c1S(=O)(=O)NC1CCN(c2ccccn2)C1. The molecule has 1 saturated heterocycles. The fraction of sp³-hybridized carbons (Fsp3) is 0.312. The number of aromatic nitrogens is 1. The molecule has 0 aliphatic carbocycles. The van der Waals surface area contributed by atoms with E-state index in [2.05, 4.69) is 9.71 Å². The van der Waals surface area contributed by atoms with Crippen LogP contribution in [-0.4, -0.2) is 32.5 Å². The van der Waals surface area contributed by atoms with Crippen LogP contribution in [0.5, 0.6) is 0 Å². The largest absolute Gasteiger partial charge is 0.355 e. The lowest BCUT2D eigenvalue weighted by Gasteiger charge is -2.18. The molecule has 0 bridgehead atoms. The molecule has 2 aromatic rings. The van der Waals surface area contributed by atoms with E-state index in [0.717, 1.165) is 11.9 Å². The van der Waals surface area contributed by atoms with Crippen molar-refractivity contribution in [3.05, 3.63) is 54.0 Å². The van der Waals surface area contributed by atoms with E-state index in [0.29, 0.717) is 25.1 Å². The third-order valence-corrected chi connectivity index (χ3v) is 5.61. The number of nitrogens with zero attached hydrogens (tertiary/aromatic N) is 2. The van der Waals surface area contributed by atoms with E-state index >= 15 is 0 Å². The van der Waals surface area contributed by atoms with E-state index in [1.54, 1.807) is 19.2 Å². The molecule has 1 atom stereocenters. The molecule has 0 saturated carbocycles. The fourth-order valence-corrected chi connectivity index (χ4v) is 4.41. The Bertz CT molecular complexity index is 776. The van der Waals surface area contributed by atoms with Crippen molar-refractivity contribution in [3.63, 3.8) is 0 Å². The quantitative estimate of drug-likeness (QED) is 0.929. The van der Waals surface area contributed by atoms with Gasteiger partial charge in [-0.25, -0.2) is 22.5 Å². The molecule has 7 heteroatoms. The smallest absolute Gasteiger partial charge is 0.244 e. The Morgan fingerprint density at radius 2 is 2.09 bits per heavy atom. The number of anilines is 1. The second-order valence-electron chi connectivity index (χ2n) is 5.63. The van der Waals surface area contributed by atoms with Gasteiger partial charge in [-0.15, -0.1) is 0 Å². The van der Waals surface area contributed by atoms with Gasteiger partial charge in [0.1, 0.15) is 16.5 Å². The number of halogens is 1. The molecule has 1 aromatic heterocycles. The third kappa shape index (κ3) is 3.35. The van der Waals surface area contributed by atoms with E-state index in [1.807, 2.05) is 23.1 Å². The molecule has 23 heavy (non-hydrogen) atoms. The van der Waals surface area contributed by atoms with Crippen LogP contribution in [0.25, 0.3) is 0 Å². The van der Waals surface area contributed by atoms with Crippen molar-refractivity contribution in [3.8, 4) is 0 Å². The first-order valence-electron chi connectivity index (χ1n) is 7.41. The Hall–Kier alpha value is -1.99. The Morgan fingerprint density at radius 1 is 1.26 bits per heavy atom. The van der Waals surface area contributed by atoms with Crippen LogP contribution in [0.4, 0.5) is 10.2 Å². The molecule has 3 rings (SSSR count). The van der Waals surface area contributed by atoms with E-state index in [9.17, 15) is 12.8 Å². The number of sulfonamides is 1. The Morgan fingerprint density at radius 3 is 2.78 bits per heavy atom. The Labute approximate surface area is 135 Å². The minimum atomic E-state index is -3.88. The molecule has 1 fully saturated rings. The third-order valence-electron chi connectivity index (χ3n) is 3.92. The van der Waals surface area contributed by atoms with Crippen LogP contribution in [0.15, 0.2) is 47.5 Å². The highest BCUT2D eigenvalue weighted by Gasteiger charge is 2.30. The summed E-state index contributed by atoms with van der Waals surface area (Å²) in [4.78, 5) is 6.01. The number of aryl methyl sites for hydroxylation is 1. The van der Waals surface area contributed by atoms with Crippen LogP contribution in [-0.2, 0) is 10.0 Å². The number of nitrogens with one attached hydrogen (secondary N) is 1.